The first kappa shape index (κ1) is 27.0. The minimum Gasteiger partial charge on any atom is -0.453 e. The molecule has 4 rings (SSSR count). The van der Waals surface area contributed by atoms with Crippen LogP contribution in [0.3, 0.4) is 0 Å². The van der Waals surface area contributed by atoms with Crippen LogP contribution in [0.2, 0.25) is 0 Å². The Morgan fingerprint density at radius 1 is 0.868 bits per heavy atom. The summed E-state index contributed by atoms with van der Waals surface area (Å²) in [5.41, 5.74) is 1.11. The number of carbonyl (C=O) groups excluding carboxylic acids is 2. The molecule has 0 aliphatic carbocycles. The highest BCUT2D eigenvalue weighted by Crippen LogP contribution is 2.43. The van der Waals surface area contributed by atoms with Crippen LogP contribution in [0.1, 0.15) is 49.6 Å². The van der Waals surface area contributed by atoms with Crippen LogP contribution in [0.4, 0.5) is 18.0 Å². The van der Waals surface area contributed by atoms with Crippen LogP contribution < -0.4 is 4.74 Å². The zero-order valence-corrected chi connectivity index (χ0v) is 21.1. The summed E-state index contributed by atoms with van der Waals surface area (Å²) in [7, 11) is 0. The van der Waals surface area contributed by atoms with Crippen LogP contribution in [0.25, 0.3) is 0 Å². The van der Waals surface area contributed by atoms with E-state index in [1.54, 1.807) is 20.8 Å². The van der Waals surface area contributed by atoms with Crippen molar-refractivity contribution in [3.05, 3.63) is 102 Å². The van der Waals surface area contributed by atoms with Crippen LogP contribution >= 0.6 is 0 Å². The molecule has 6 nitrogen and oxygen atoms in total. The molecule has 0 bridgehead atoms. The minimum atomic E-state index is -4.82. The van der Waals surface area contributed by atoms with E-state index in [4.69, 9.17) is 9.47 Å². The second-order valence-electron chi connectivity index (χ2n) is 9.92. The second-order valence-corrected chi connectivity index (χ2v) is 9.92. The SMILES string of the molecule is CC(C)(C)OC(=O)N1C(Cc2ccc(OC(F)(F)F)cc2)C(=O)OC(c2ccccc2)C1c1ccccc1. The van der Waals surface area contributed by atoms with Gasteiger partial charge in [-0.25, -0.2) is 9.59 Å². The summed E-state index contributed by atoms with van der Waals surface area (Å²) >= 11 is 0. The number of cyclic esters (lactones) is 1. The van der Waals surface area contributed by atoms with Crippen molar-refractivity contribution < 1.29 is 37.0 Å². The van der Waals surface area contributed by atoms with E-state index in [1.807, 2.05) is 60.7 Å². The number of carbonyl (C=O) groups is 2. The molecule has 0 radical (unpaired) electrons. The van der Waals surface area contributed by atoms with Crippen LogP contribution in [0.5, 0.6) is 5.75 Å². The molecule has 1 amide bonds. The maximum Gasteiger partial charge on any atom is 0.573 e. The summed E-state index contributed by atoms with van der Waals surface area (Å²) < 4.78 is 53.4. The van der Waals surface area contributed by atoms with Crippen molar-refractivity contribution in [2.75, 3.05) is 0 Å². The minimum absolute atomic E-state index is 0.00474. The third-order valence-electron chi connectivity index (χ3n) is 5.90. The fourth-order valence-electron chi connectivity index (χ4n) is 4.39. The Kier molecular flexibility index (Phi) is 7.66. The Morgan fingerprint density at radius 2 is 1.42 bits per heavy atom. The van der Waals surface area contributed by atoms with Gasteiger partial charge in [0, 0.05) is 6.42 Å². The smallest absolute Gasteiger partial charge is 0.453 e. The number of ether oxygens (including phenoxy) is 3. The lowest BCUT2D eigenvalue weighted by Crippen LogP contribution is -2.56. The number of alkyl halides is 3. The van der Waals surface area contributed by atoms with Crippen molar-refractivity contribution in [1.82, 2.24) is 4.90 Å². The van der Waals surface area contributed by atoms with Gasteiger partial charge in [0.15, 0.2) is 6.10 Å². The van der Waals surface area contributed by atoms with Crippen LogP contribution in [-0.2, 0) is 20.7 Å². The van der Waals surface area contributed by atoms with E-state index in [-0.39, 0.29) is 12.2 Å². The van der Waals surface area contributed by atoms with E-state index in [1.165, 1.54) is 17.0 Å². The van der Waals surface area contributed by atoms with E-state index in [9.17, 15) is 22.8 Å². The molecule has 200 valence electrons. The molecule has 0 saturated carbocycles. The normalized spacial score (nSPS) is 20.0. The van der Waals surface area contributed by atoms with Crippen LogP contribution in [0, 0.1) is 0 Å². The van der Waals surface area contributed by atoms with Gasteiger partial charge < -0.3 is 14.2 Å². The molecule has 1 aliphatic rings. The highest BCUT2D eigenvalue weighted by Gasteiger charge is 2.49. The Labute approximate surface area is 218 Å². The van der Waals surface area contributed by atoms with Crippen molar-refractivity contribution in [3.8, 4) is 5.75 Å². The second kappa shape index (κ2) is 10.8. The quantitative estimate of drug-likeness (QED) is 0.343. The fourth-order valence-corrected chi connectivity index (χ4v) is 4.39. The van der Waals surface area contributed by atoms with E-state index >= 15 is 0 Å². The first-order chi connectivity index (χ1) is 17.9. The first-order valence-corrected chi connectivity index (χ1v) is 12.1. The van der Waals surface area contributed by atoms with Gasteiger partial charge in [-0.15, -0.1) is 13.2 Å². The van der Waals surface area contributed by atoms with Gasteiger partial charge in [0.2, 0.25) is 0 Å². The predicted octanol–water partition coefficient (Wildman–Crippen LogP) is 6.77. The number of esters is 1. The Hall–Kier alpha value is -4.01. The molecule has 0 spiro atoms. The third kappa shape index (κ3) is 6.65. The number of morpholine rings is 1. The average molecular weight is 528 g/mol. The molecule has 9 heteroatoms. The number of nitrogens with zero attached hydrogens (tertiary/aromatic N) is 1. The monoisotopic (exact) mass is 527 g/mol. The third-order valence-corrected chi connectivity index (χ3v) is 5.90. The largest absolute Gasteiger partial charge is 0.573 e. The summed E-state index contributed by atoms with van der Waals surface area (Å²) in [6.45, 7) is 5.19. The first-order valence-electron chi connectivity index (χ1n) is 12.1. The van der Waals surface area contributed by atoms with Gasteiger partial charge in [-0.05, 0) is 49.6 Å². The lowest BCUT2D eigenvalue weighted by molar-refractivity contribution is -0.274. The Morgan fingerprint density at radius 3 is 1.95 bits per heavy atom. The van der Waals surface area contributed by atoms with Gasteiger partial charge in [-0.1, -0.05) is 72.8 Å². The van der Waals surface area contributed by atoms with Crippen molar-refractivity contribution in [3.63, 3.8) is 0 Å². The van der Waals surface area contributed by atoms with Gasteiger partial charge in [0.25, 0.3) is 0 Å². The van der Waals surface area contributed by atoms with Gasteiger partial charge >= 0.3 is 18.4 Å². The molecular formula is C29H28F3NO5. The zero-order valence-electron chi connectivity index (χ0n) is 21.1. The highest BCUT2D eigenvalue weighted by atomic mass is 19.4. The molecule has 1 heterocycles. The van der Waals surface area contributed by atoms with Crippen molar-refractivity contribution >= 4 is 12.1 Å². The van der Waals surface area contributed by atoms with Gasteiger partial charge in [0.05, 0.1) is 0 Å². The van der Waals surface area contributed by atoms with Crippen molar-refractivity contribution in [1.29, 1.82) is 0 Å². The van der Waals surface area contributed by atoms with E-state index < -0.39 is 42.2 Å². The molecule has 1 fully saturated rings. The number of amides is 1. The number of halogens is 3. The van der Waals surface area contributed by atoms with E-state index in [0.717, 1.165) is 17.7 Å². The Balaban J connectivity index is 1.75. The van der Waals surface area contributed by atoms with E-state index in [0.29, 0.717) is 11.1 Å². The predicted molar refractivity (Wildman–Crippen MR) is 133 cm³/mol. The fraction of sp³-hybridized carbons (Fsp3) is 0.310. The van der Waals surface area contributed by atoms with Gasteiger partial charge in [-0.2, -0.15) is 0 Å². The highest BCUT2D eigenvalue weighted by molar-refractivity contribution is 5.84. The molecule has 0 N–H and O–H groups in total. The standard InChI is InChI=1S/C29H28F3NO5/c1-28(2,3)38-27(35)33-23(18-19-14-16-22(17-15-19)37-29(30,31)32)26(34)36-25(21-12-8-5-9-13-21)24(33)20-10-6-4-7-11-20/h4-17,23-25H,18H2,1-3H3. The lowest BCUT2D eigenvalue weighted by Gasteiger charge is -2.45. The van der Waals surface area contributed by atoms with Crippen molar-refractivity contribution in [2.45, 2.75) is 57.3 Å². The summed E-state index contributed by atoms with van der Waals surface area (Å²) in [5.74, 6) is -1.03. The molecule has 3 aromatic carbocycles. The maximum atomic E-state index is 13.7. The number of benzene rings is 3. The Bertz CT molecular complexity index is 1240. The molecule has 1 saturated heterocycles. The van der Waals surface area contributed by atoms with Crippen LogP contribution in [0.15, 0.2) is 84.9 Å². The molecule has 0 aromatic heterocycles. The average Bonchev–Trinajstić information content (AvgIpc) is 2.85. The molecule has 3 atom stereocenters. The van der Waals surface area contributed by atoms with Gasteiger partial charge in [0.1, 0.15) is 23.4 Å². The van der Waals surface area contributed by atoms with Crippen molar-refractivity contribution in [2.24, 2.45) is 0 Å². The topological polar surface area (TPSA) is 65.1 Å². The number of hydrogen-bond donors (Lipinski definition) is 0. The maximum absolute atomic E-state index is 13.7. The molecule has 38 heavy (non-hydrogen) atoms. The summed E-state index contributed by atoms with van der Waals surface area (Å²) in [6.07, 6.45) is -6.34. The van der Waals surface area contributed by atoms with E-state index in [2.05, 4.69) is 4.74 Å². The zero-order chi connectivity index (χ0) is 27.5. The summed E-state index contributed by atoms with van der Waals surface area (Å²) in [4.78, 5) is 28.5. The number of hydrogen-bond acceptors (Lipinski definition) is 5. The summed E-state index contributed by atoms with van der Waals surface area (Å²) in [5, 5.41) is 0. The molecule has 1 aliphatic heterocycles. The molecular weight excluding hydrogens is 499 g/mol. The summed E-state index contributed by atoms with van der Waals surface area (Å²) in [6, 6.07) is 21.7. The van der Waals surface area contributed by atoms with Crippen LogP contribution in [-0.4, -0.2) is 35.0 Å². The lowest BCUT2D eigenvalue weighted by atomic mass is 9.90. The number of rotatable bonds is 5. The molecule has 3 unspecified atom stereocenters. The molecule has 3 aromatic rings. The van der Waals surface area contributed by atoms with Gasteiger partial charge in [-0.3, -0.25) is 4.90 Å².